The minimum Gasteiger partial charge on any atom is -0.399 e. The average molecular weight is 283 g/mol. The Morgan fingerprint density at radius 1 is 1.32 bits per heavy atom. The van der Waals surface area contributed by atoms with Crippen molar-refractivity contribution >= 4 is 22.6 Å². The van der Waals surface area contributed by atoms with E-state index in [1.54, 1.807) is 0 Å². The summed E-state index contributed by atoms with van der Waals surface area (Å²) >= 11 is 1.52. The molecule has 3 nitrogen and oxygen atoms in total. The van der Waals surface area contributed by atoms with Gasteiger partial charge in [0.05, 0.1) is 6.04 Å². The van der Waals surface area contributed by atoms with Crippen molar-refractivity contribution in [2.45, 2.75) is 24.6 Å². The molecule has 2 aliphatic rings. The maximum Gasteiger partial charge on any atom is 0.164 e. The molecule has 1 aliphatic heterocycles. The lowest BCUT2D eigenvalue weighted by molar-refractivity contribution is 0.474. The van der Waals surface area contributed by atoms with Gasteiger partial charge in [0.25, 0.3) is 0 Å². The zero-order valence-electron chi connectivity index (χ0n) is 10.7. The first-order valence-corrected chi connectivity index (χ1v) is 6.93. The minimum atomic E-state index is -0.933. The molecule has 0 saturated heterocycles. The van der Waals surface area contributed by atoms with Crippen LogP contribution >= 0.6 is 11.8 Å². The van der Waals surface area contributed by atoms with E-state index < -0.39 is 17.7 Å². The first-order valence-electron chi connectivity index (χ1n) is 6.11. The van der Waals surface area contributed by atoms with Crippen LogP contribution in [0.15, 0.2) is 17.1 Å². The summed E-state index contributed by atoms with van der Waals surface area (Å²) in [6.07, 6.45) is 0. The SMILES string of the molecule is CC1C2C(c3cc(N)cc(F)c3F)N=C(N)S[C@@]12C. The lowest BCUT2D eigenvalue weighted by Gasteiger charge is -2.23. The van der Waals surface area contributed by atoms with Crippen LogP contribution in [0.3, 0.4) is 0 Å². The molecule has 1 fully saturated rings. The van der Waals surface area contributed by atoms with Gasteiger partial charge in [-0.15, -0.1) is 0 Å². The molecule has 1 heterocycles. The Hall–Kier alpha value is -1.30. The molecule has 1 aromatic carbocycles. The number of hydrogen-bond donors (Lipinski definition) is 2. The molecule has 102 valence electrons. The summed E-state index contributed by atoms with van der Waals surface area (Å²) < 4.78 is 27.4. The standard InChI is InChI=1S/C13H15F2N3S/c1-5-9-11(18-12(17)19-13(5,9)2)7-3-6(16)4-8(14)10(7)15/h3-5,9,11H,16H2,1-2H3,(H2,17,18)/t5?,9?,11?,13-/m0/s1. The summed E-state index contributed by atoms with van der Waals surface area (Å²) in [4.78, 5) is 4.31. The molecule has 4 N–H and O–H groups in total. The van der Waals surface area contributed by atoms with Crippen LogP contribution in [0.25, 0.3) is 0 Å². The fourth-order valence-corrected chi connectivity index (χ4v) is 4.41. The fraction of sp³-hybridized carbons (Fsp3) is 0.462. The molecular weight excluding hydrogens is 268 g/mol. The van der Waals surface area contributed by atoms with E-state index in [2.05, 4.69) is 18.8 Å². The fourth-order valence-electron chi connectivity index (χ4n) is 3.06. The Bertz CT molecular complexity index is 589. The van der Waals surface area contributed by atoms with E-state index in [-0.39, 0.29) is 21.9 Å². The van der Waals surface area contributed by atoms with Gasteiger partial charge in [-0.05, 0) is 25.0 Å². The van der Waals surface area contributed by atoms with Gasteiger partial charge in [0, 0.05) is 21.9 Å². The normalized spacial score (nSPS) is 36.6. The number of anilines is 1. The number of halogens is 2. The van der Waals surface area contributed by atoms with Crippen molar-refractivity contribution in [3.05, 3.63) is 29.3 Å². The maximum absolute atomic E-state index is 14.0. The van der Waals surface area contributed by atoms with Crippen molar-refractivity contribution in [2.75, 3.05) is 5.73 Å². The molecule has 3 unspecified atom stereocenters. The van der Waals surface area contributed by atoms with Crippen molar-refractivity contribution < 1.29 is 8.78 Å². The van der Waals surface area contributed by atoms with Crippen molar-refractivity contribution in [3.63, 3.8) is 0 Å². The number of aliphatic imine (C=N–C) groups is 1. The number of nitrogens with two attached hydrogens (primary N) is 2. The van der Waals surface area contributed by atoms with Gasteiger partial charge >= 0.3 is 0 Å². The van der Waals surface area contributed by atoms with Crippen molar-refractivity contribution in [1.82, 2.24) is 0 Å². The number of hydrogen-bond acceptors (Lipinski definition) is 4. The monoisotopic (exact) mass is 283 g/mol. The molecule has 1 aliphatic carbocycles. The molecule has 3 rings (SSSR count). The van der Waals surface area contributed by atoms with Gasteiger partial charge in [-0.25, -0.2) is 8.78 Å². The Morgan fingerprint density at radius 3 is 2.68 bits per heavy atom. The number of rotatable bonds is 1. The van der Waals surface area contributed by atoms with Gasteiger partial charge in [-0.2, -0.15) is 0 Å². The maximum atomic E-state index is 14.0. The number of thioether (sulfide) groups is 1. The van der Waals surface area contributed by atoms with E-state index in [1.807, 2.05) is 0 Å². The molecule has 0 bridgehead atoms. The van der Waals surface area contributed by atoms with Gasteiger partial charge in [-0.3, -0.25) is 4.99 Å². The molecule has 6 heteroatoms. The topological polar surface area (TPSA) is 64.4 Å². The number of nitrogens with zero attached hydrogens (tertiary/aromatic N) is 1. The van der Waals surface area contributed by atoms with Crippen LogP contribution in [0, 0.1) is 23.5 Å². The summed E-state index contributed by atoms with van der Waals surface area (Å²) in [5, 5.41) is 0.426. The highest BCUT2D eigenvalue weighted by Crippen LogP contribution is 2.67. The second-order valence-electron chi connectivity index (χ2n) is 5.42. The highest BCUT2D eigenvalue weighted by molar-refractivity contribution is 8.15. The molecular formula is C13H15F2N3S. The second kappa shape index (κ2) is 3.85. The first-order chi connectivity index (χ1) is 8.84. The molecule has 0 spiro atoms. The van der Waals surface area contributed by atoms with E-state index in [9.17, 15) is 8.78 Å². The second-order valence-corrected chi connectivity index (χ2v) is 6.92. The Balaban J connectivity index is 2.10. The summed E-state index contributed by atoms with van der Waals surface area (Å²) in [6, 6.07) is 2.00. The van der Waals surface area contributed by atoms with Crippen LogP contribution in [-0.2, 0) is 0 Å². The predicted octanol–water partition coefficient (Wildman–Crippen LogP) is 2.67. The first kappa shape index (κ1) is 12.7. The number of benzene rings is 1. The summed E-state index contributed by atoms with van der Waals surface area (Å²) in [7, 11) is 0. The quantitative estimate of drug-likeness (QED) is 0.779. The lowest BCUT2D eigenvalue weighted by Crippen LogP contribution is -2.23. The predicted molar refractivity (Wildman–Crippen MR) is 73.8 cm³/mol. The molecule has 1 saturated carbocycles. The van der Waals surface area contributed by atoms with E-state index >= 15 is 0 Å². The third-order valence-corrected chi connectivity index (χ3v) is 5.72. The number of nitrogen functional groups attached to an aromatic ring is 1. The van der Waals surface area contributed by atoms with E-state index in [4.69, 9.17) is 11.5 Å². The summed E-state index contributed by atoms with van der Waals surface area (Å²) in [6.45, 7) is 4.17. The van der Waals surface area contributed by atoms with Gasteiger partial charge < -0.3 is 11.5 Å². The minimum absolute atomic E-state index is 0.0377. The van der Waals surface area contributed by atoms with Gasteiger partial charge in [0.15, 0.2) is 16.8 Å². The highest BCUT2D eigenvalue weighted by atomic mass is 32.2. The van der Waals surface area contributed by atoms with Crippen molar-refractivity contribution in [3.8, 4) is 0 Å². The van der Waals surface area contributed by atoms with Crippen LogP contribution in [0.1, 0.15) is 25.5 Å². The Morgan fingerprint density at radius 2 is 2.00 bits per heavy atom. The van der Waals surface area contributed by atoms with Gasteiger partial charge in [-0.1, -0.05) is 18.7 Å². The molecule has 1 aromatic rings. The largest absolute Gasteiger partial charge is 0.399 e. The Kier molecular flexibility index (Phi) is 2.58. The zero-order chi connectivity index (χ0) is 13.9. The van der Waals surface area contributed by atoms with Crippen LogP contribution in [0.4, 0.5) is 14.5 Å². The number of fused-ring (bicyclic) bond motifs is 1. The molecule has 4 atom stereocenters. The third-order valence-electron chi connectivity index (χ3n) is 4.32. The zero-order valence-corrected chi connectivity index (χ0v) is 11.5. The van der Waals surface area contributed by atoms with Crippen LogP contribution in [-0.4, -0.2) is 9.91 Å². The van der Waals surface area contributed by atoms with Crippen LogP contribution in [0.2, 0.25) is 0 Å². The average Bonchev–Trinajstić information content (AvgIpc) is 2.85. The molecule has 0 aromatic heterocycles. The van der Waals surface area contributed by atoms with Crippen LogP contribution in [0.5, 0.6) is 0 Å². The van der Waals surface area contributed by atoms with Gasteiger partial charge in [0.2, 0.25) is 0 Å². The highest BCUT2D eigenvalue weighted by Gasteiger charge is 2.65. The number of amidine groups is 1. The van der Waals surface area contributed by atoms with Crippen molar-refractivity contribution in [1.29, 1.82) is 0 Å². The van der Waals surface area contributed by atoms with E-state index in [0.717, 1.165) is 6.07 Å². The van der Waals surface area contributed by atoms with E-state index in [0.29, 0.717) is 11.1 Å². The lowest BCUT2D eigenvalue weighted by atomic mass is 9.99. The van der Waals surface area contributed by atoms with Crippen LogP contribution < -0.4 is 11.5 Å². The van der Waals surface area contributed by atoms with Gasteiger partial charge in [0.1, 0.15) is 0 Å². The summed E-state index contributed by atoms with van der Waals surface area (Å²) in [5.41, 5.74) is 11.8. The third kappa shape index (κ3) is 1.73. The Labute approximate surface area is 114 Å². The van der Waals surface area contributed by atoms with Crippen molar-refractivity contribution in [2.24, 2.45) is 22.6 Å². The summed E-state index contributed by atoms with van der Waals surface area (Å²) in [5.74, 6) is -1.28. The smallest absolute Gasteiger partial charge is 0.164 e. The molecule has 0 radical (unpaired) electrons. The van der Waals surface area contributed by atoms with E-state index in [1.165, 1.54) is 17.8 Å². The molecule has 19 heavy (non-hydrogen) atoms. The molecule has 0 amide bonds.